The Balaban J connectivity index is 2.16. The Kier molecular flexibility index (Phi) is 3.08. The van der Waals surface area contributed by atoms with Crippen molar-refractivity contribution >= 4 is 28.1 Å². The molecule has 2 aromatic carbocycles. The van der Waals surface area contributed by atoms with E-state index >= 15 is 0 Å². The van der Waals surface area contributed by atoms with Gasteiger partial charge in [-0.25, -0.2) is 0 Å². The van der Waals surface area contributed by atoms with Gasteiger partial charge in [0.15, 0.2) is 0 Å². The van der Waals surface area contributed by atoms with Crippen LogP contribution in [0.3, 0.4) is 0 Å². The summed E-state index contributed by atoms with van der Waals surface area (Å²) >= 11 is -0.279. The Morgan fingerprint density at radius 3 is 1.93 bits per heavy atom. The number of phenols is 1. The second-order valence-corrected chi connectivity index (χ2v) is 6.18. The van der Waals surface area contributed by atoms with Crippen molar-refractivity contribution in [2.45, 2.75) is 0 Å². The fourth-order valence-corrected chi connectivity index (χ4v) is 3.53. The minimum atomic E-state index is -0.279. The topological polar surface area (TPSA) is 20.2 Å². The predicted octanol–water partition coefficient (Wildman–Crippen LogP) is 1.05. The summed E-state index contributed by atoms with van der Waals surface area (Å²) in [5.41, 5.74) is 0. The van der Waals surface area contributed by atoms with Gasteiger partial charge in [-0.05, 0) is 0 Å². The third kappa shape index (κ3) is 2.51. The van der Waals surface area contributed by atoms with Gasteiger partial charge in [-0.1, -0.05) is 0 Å². The van der Waals surface area contributed by atoms with E-state index in [1.807, 2.05) is 18.2 Å². The molecule has 2 rings (SSSR count). The molecule has 0 saturated heterocycles. The summed E-state index contributed by atoms with van der Waals surface area (Å²) in [6, 6.07) is 18.0. The molecule has 0 fully saturated rings. The van der Waals surface area contributed by atoms with E-state index in [1.165, 1.54) is 7.22 Å². The summed E-state index contributed by atoms with van der Waals surface area (Å²) in [5.74, 6) is 0.342. The summed E-state index contributed by atoms with van der Waals surface area (Å²) in [6.45, 7) is 0. The van der Waals surface area contributed by atoms with Crippen molar-refractivity contribution in [2.75, 3.05) is 0 Å². The van der Waals surface area contributed by atoms with Crippen LogP contribution in [0.5, 0.6) is 5.75 Å². The van der Waals surface area contributed by atoms with Crippen molar-refractivity contribution in [3.05, 3.63) is 54.6 Å². The molecule has 1 N–H and O–H groups in total. The molecule has 0 aromatic heterocycles. The SMILES string of the molecule is Oc1ccc([Te]c2ccccc2)cc1. The molecule has 0 unspecified atom stereocenters. The molecule has 0 bridgehead atoms. The van der Waals surface area contributed by atoms with Gasteiger partial charge < -0.3 is 0 Å². The molecule has 0 aliphatic carbocycles. The van der Waals surface area contributed by atoms with E-state index in [9.17, 15) is 0 Å². The van der Waals surface area contributed by atoms with Crippen molar-refractivity contribution in [3.8, 4) is 5.75 Å². The second kappa shape index (κ2) is 4.50. The van der Waals surface area contributed by atoms with Gasteiger partial charge in [-0.15, -0.1) is 0 Å². The first-order valence-corrected chi connectivity index (χ1v) is 6.69. The molecule has 1 nitrogen and oxygen atoms in total. The number of benzene rings is 2. The molecule has 0 saturated carbocycles. The molecular weight excluding hydrogens is 288 g/mol. The number of aromatic hydroxyl groups is 1. The van der Waals surface area contributed by atoms with Crippen molar-refractivity contribution in [3.63, 3.8) is 0 Å². The molecule has 0 atom stereocenters. The Morgan fingerprint density at radius 1 is 0.714 bits per heavy atom. The van der Waals surface area contributed by atoms with Gasteiger partial charge in [0, 0.05) is 0 Å². The summed E-state index contributed by atoms with van der Waals surface area (Å²) in [6.07, 6.45) is 0. The number of hydrogen-bond acceptors (Lipinski definition) is 1. The van der Waals surface area contributed by atoms with Gasteiger partial charge >= 0.3 is 93.6 Å². The minimum absolute atomic E-state index is 0.279. The van der Waals surface area contributed by atoms with Gasteiger partial charge in [-0.2, -0.15) is 0 Å². The van der Waals surface area contributed by atoms with Crippen molar-refractivity contribution < 1.29 is 5.11 Å². The maximum absolute atomic E-state index is 9.14. The average molecular weight is 298 g/mol. The average Bonchev–Trinajstić information content (AvgIpc) is 2.23. The molecule has 0 heterocycles. The fraction of sp³-hybridized carbons (Fsp3) is 0. The Morgan fingerprint density at radius 2 is 1.29 bits per heavy atom. The third-order valence-electron chi connectivity index (χ3n) is 1.82. The van der Waals surface area contributed by atoms with Gasteiger partial charge in [0.2, 0.25) is 0 Å². The van der Waals surface area contributed by atoms with Gasteiger partial charge in [0.05, 0.1) is 0 Å². The van der Waals surface area contributed by atoms with E-state index in [-0.39, 0.29) is 20.9 Å². The zero-order valence-electron chi connectivity index (χ0n) is 7.55. The Bertz CT molecular complexity index is 394. The third-order valence-corrected chi connectivity index (χ3v) is 4.71. The summed E-state index contributed by atoms with van der Waals surface area (Å²) in [5, 5.41) is 9.14. The zero-order chi connectivity index (χ0) is 9.80. The van der Waals surface area contributed by atoms with Crippen molar-refractivity contribution in [1.29, 1.82) is 0 Å². The van der Waals surface area contributed by atoms with Gasteiger partial charge in [0.1, 0.15) is 0 Å². The van der Waals surface area contributed by atoms with Gasteiger partial charge in [-0.3, -0.25) is 0 Å². The molecule has 70 valence electrons. The zero-order valence-corrected chi connectivity index (χ0v) is 9.88. The van der Waals surface area contributed by atoms with E-state index in [1.54, 1.807) is 12.1 Å². The predicted molar refractivity (Wildman–Crippen MR) is 59.6 cm³/mol. The Labute approximate surface area is 93.5 Å². The first kappa shape index (κ1) is 9.58. The molecule has 14 heavy (non-hydrogen) atoms. The van der Waals surface area contributed by atoms with Crippen molar-refractivity contribution in [2.24, 2.45) is 0 Å². The molecule has 2 heteroatoms. The van der Waals surface area contributed by atoms with Crippen LogP contribution in [0, 0.1) is 0 Å². The quantitative estimate of drug-likeness (QED) is 0.822. The fourth-order valence-electron chi connectivity index (χ4n) is 1.14. The van der Waals surface area contributed by atoms with Crippen LogP contribution in [0.4, 0.5) is 0 Å². The molecular formula is C12H10OTe. The number of phenolic OH excluding ortho intramolecular Hbond substituents is 1. The number of rotatable bonds is 2. The normalized spacial score (nSPS) is 10.0. The monoisotopic (exact) mass is 300 g/mol. The van der Waals surface area contributed by atoms with Crippen LogP contribution in [0.2, 0.25) is 0 Å². The summed E-state index contributed by atoms with van der Waals surface area (Å²) in [7, 11) is 0. The van der Waals surface area contributed by atoms with Crippen LogP contribution < -0.4 is 7.22 Å². The first-order valence-electron chi connectivity index (χ1n) is 4.36. The molecule has 0 amide bonds. The van der Waals surface area contributed by atoms with E-state index in [2.05, 4.69) is 24.3 Å². The molecule has 2 aromatic rings. The number of hydrogen-bond donors (Lipinski definition) is 1. The van der Waals surface area contributed by atoms with Gasteiger partial charge in [0.25, 0.3) is 0 Å². The van der Waals surface area contributed by atoms with Crippen LogP contribution in [0.25, 0.3) is 0 Å². The molecule has 0 radical (unpaired) electrons. The van der Waals surface area contributed by atoms with Crippen molar-refractivity contribution in [1.82, 2.24) is 0 Å². The molecule has 0 aliphatic rings. The Hall–Kier alpha value is -0.970. The van der Waals surface area contributed by atoms with Crippen LogP contribution in [0.1, 0.15) is 0 Å². The summed E-state index contributed by atoms with van der Waals surface area (Å²) < 4.78 is 2.77. The van der Waals surface area contributed by atoms with Crippen LogP contribution >= 0.6 is 0 Å². The van der Waals surface area contributed by atoms with Crippen LogP contribution in [0.15, 0.2) is 54.6 Å². The molecule has 0 aliphatic heterocycles. The molecule has 0 spiro atoms. The van der Waals surface area contributed by atoms with Crippen LogP contribution in [-0.2, 0) is 0 Å². The second-order valence-electron chi connectivity index (χ2n) is 2.91. The van der Waals surface area contributed by atoms with E-state index < -0.39 is 0 Å². The standard InChI is InChI=1S/C12H10OTe/c13-10-6-8-12(9-7-10)14-11-4-2-1-3-5-11/h1-9,13H. The van der Waals surface area contributed by atoms with E-state index in [0.29, 0.717) is 5.75 Å². The van der Waals surface area contributed by atoms with Crippen LogP contribution in [-0.4, -0.2) is 26.0 Å². The maximum atomic E-state index is 9.14. The first-order chi connectivity index (χ1) is 6.84. The summed E-state index contributed by atoms with van der Waals surface area (Å²) in [4.78, 5) is 0. The van der Waals surface area contributed by atoms with E-state index in [0.717, 1.165) is 0 Å². The van der Waals surface area contributed by atoms with E-state index in [4.69, 9.17) is 5.11 Å².